The largest absolute Gasteiger partial charge is 0.334 e. The highest BCUT2D eigenvalue weighted by Gasteiger charge is 2.25. The normalized spacial score (nSPS) is 18.0. The minimum absolute atomic E-state index is 0.200. The number of carbonyl (C=O) groups is 2. The zero-order valence-corrected chi connectivity index (χ0v) is 12.9. The SMILES string of the molecule is O=C1CC(Cc2n[nH]c(=S)n2-c2ccc(Cl)cc2)NC(=O)N1. The van der Waals surface area contributed by atoms with Gasteiger partial charge in [-0.05, 0) is 36.5 Å². The molecule has 1 atom stereocenters. The number of hydrogen-bond acceptors (Lipinski definition) is 4. The minimum atomic E-state index is -0.492. The van der Waals surface area contributed by atoms with Crippen LogP contribution >= 0.6 is 23.8 Å². The van der Waals surface area contributed by atoms with E-state index in [1.54, 1.807) is 16.7 Å². The number of carbonyl (C=O) groups excluding carboxylic acids is 2. The van der Waals surface area contributed by atoms with Gasteiger partial charge < -0.3 is 5.32 Å². The van der Waals surface area contributed by atoms with E-state index < -0.39 is 6.03 Å². The van der Waals surface area contributed by atoms with Crippen LogP contribution in [0.2, 0.25) is 5.02 Å². The second kappa shape index (κ2) is 5.90. The molecule has 1 aromatic carbocycles. The topological polar surface area (TPSA) is 91.8 Å². The number of aromatic nitrogens is 3. The molecule has 3 N–H and O–H groups in total. The van der Waals surface area contributed by atoms with Crippen molar-refractivity contribution < 1.29 is 9.59 Å². The van der Waals surface area contributed by atoms with Crippen molar-refractivity contribution in [3.63, 3.8) is 0 Å². The molecular formula is C13H12ClN5O2S. The monoisotopic (exact) mass is 337 g/mol. The van der Waals surface area contributed by atoms with Gasteiger partial charge in [0.25, 0.3) is 0 Å². The maximum absolute atomic E-state index is 11.4. The average molecular weight is 338 g/mol. The predicted molar refractivity (Wildman–Crippen MR) is 82.5 cm³/mol. The van der Waals surface area contributed by atoms with Crippen LogP contribution in [-0.4, -0.2) is 32.7 Å². The summed E-state index contributed by atoms with van der Waals surface area (Å²) in [5.74, 6) is 0.327. The molecule has 1 aliphatic rings. The smallest absolute Gasteiger partial charge is 0.321 e. The number of nitrogens with zero attached hydrogens (tertiary/aromatic N) is 2. The van der Waals surface area contributed by atoms with Crippen molar-refractivity contribution in [1.82, 2.24) is 25.4 Å². The molecule has 0 saturated carbocycles. The lowest BCUT2D eigenvalue weighted by atomic mass is 10.1. The second-order valence-corrected chi connectivity index (χ2v) is 5.71. The Hall–Kier alpha value is -2.19. The molecular weight excluding hydrogens is 326 g/mol. The molecule has 1 aromatic heterocycles. The first-order valence-corrected chi connectivity index (χ1v) is 7.34. The van der Waals surface area contributed by atoms with Crippen LogP contribution in [0.3, 0.4) is 0 Å². The fourth-order valence-corrected chi connectivity index (χ4v) is 2.72. The van der Waals surface area contributed by atoms with E-state index in [0.717, 1.165) is 5.69 Å². The van der Waals surface area contributed by atoms with Crippen LogP contribution < -0.4 is 10.6 Å². The van der Waals surface area contributed by atoms with Gasteiger partial charge in [0.2, 0.25) is 5.91 Å². The number of imide groups is 1. The summed E-state index contributed by atoms with van der Waals surface area (Å²) in [7, 11) is 0. The Morgan fingerprint density at radius 1 is 1.32 bits per heavy atom. The third-order valence-corrected chi connectivity index (χ3v) is 3.80. The summed E-state index contributed by atoms with van der Waals surface area (Å²) >= 11 is 11.1. The highest BCUT2D eigenvalue weighted by molar-refractivity contribution is 7.71. The Bertz CT molecular complexity index is 766. The van der Waals surface area contributed by atoms with Gasteiger partial charge in [-0.3, -0.25) is 19.8 Å². The summed E-state index contributed by atoms with van der Waals surface area (Å²) in [5.41, 5.74) is 0.810. The van der Waals surface area contributed by atoms with Crippen molar-refractivity contribution in [2.75, 3.05) is 0 Å². The van der Waals surface area contributed by atoms with Crippen LogP contribution in [0.4, 0.5) is 4.79 Å². The van der Waals surface area contributed by atoms with Crippen LogP contribution in [-0.2, 0) is 11.2 Å². The predicted octanol–water partition coefficient (Wildman–Crippen LogP) is 1.72. The molecule has 114 valence electrons. The molecule has 1 unspecified atom stereocenters. The van der Waals surface area contributed by atoms with Crippen LogP contribution in [0.1, 0.15) is 12.2 Å². The standard InChI is InChI=1S/C13H12ClN5O2S/c14-7-1-3-9(4-2-7)19-10(17-18-13(19)22)5-8-6-11(20)16-12(21)15-8/h1-4,8H,5-6H2,(H,18,22)(H2,15,16,20,21). The number of urea groups is 1. The summed E-state index contributed by atoms with van der Waals surface area (Å²) in [5, 5.41) is 12.4. The van der Waals surface area contributed by atoms with Crippen molar-refractivity contribution in [3.05, 3.63) is 39.9 Å². The van der Waals surface area contributed by atoms with Crippen molar-refractivity contribution in [3.8, 4) is 5.69 Å². The first-order valence-electron chi connectivity index (χ1n) is 6.55. The number of hydrogen-bond donors (Lipinski definition) is 3. The van der Waals surface area contributed by atoms with Crippen molar-refractivity contribution in [2.45, 2.75) is 18.9 Å². The first kappa shape index (κ1) is 14.7. The van der Waals surface area contributed by atoms with E-state index in [0.29, 0.717) is 22.0 Å². The number of amides is 3. The molecule has 7 nitrogen and oxygen atoms in total. The van der Waals surface area contributed by atoms with Gasteiger partial charge in [-0.25, -0.2) is 4.79 Å². The third-order valence-electron chi connectivity index (χ3n) is 3.28. The second-order valence-electron chi connectivity index (χ2n) is 4.88. The zero-order valence-electron chi connectivity index (χ0n) is 11.3. The van der Waals surface area contributed by atoms with E-state index in [-0.39, 0.29) is 18.4 Å². The van der Waals surface area contributed by atoms with Gasteiger partial charge in [-0.2, -0.15) is 5.10 Å². The Labute approximate surface area is 135 Å². The lowest BCUT2D eigenvalue weighted by molar-refractivity contribution is -0.121. The van der Waals surface area contributed by atoms with E-state index in [9.17, 15) is 9.59 Å². The van der Waals surface area contributed by atoms with Crippen LogP contribution in [0, 0.1) is 4.77 Å². The Kier molecular flexibility index (Phi) is 3.95. The minimum Gasteiger partial charge on any atom is -0.334 e. The number of H-pyrrole nitrogens is 1. The molecule has 3 rings (SSSR count). The van der Waals surface area contributed by atoms with E-state index >= 15 is 0 Å². The van der Waals surface area contributed by atoms with Gasteiger partial charge in [0.15, 0.2) is 4.77 Å². The fourth-order valence-electron chi connectivity index (χ4n) is 2.34. The van der Waals surface area contributed by atoms with E-state index in [2.05, 4.69) is 20.8 Å². The number of halogens is 1. The summed E-state index contributed by atoms with van der Waals surface area (Å²) in [6.07, 6.45) is 0.584. The lowest BCUT2D eigenvalue weighted by Gasteiger charge is -2.22. The molecule has 2 aromatic rings. The Balaban J connectivity index is 1.89. The van der Waals surface area contributed by atoms with Gasteiger partial charge in [-0.1, -0.05) is 11.6 Å². The molecule has 0 spiro atoms. The molecule has 2 heterocycles. The van der Waals surface area contributed by atoms with Gasteiger partial charge in [0.05, 0.1) is 0 Å². The number of aromatic amines is 1. The van der Waals surface area contributed by atoms with Crippen molar-refractivity contribution in [1.29, 1.82) is 0 Å². The first-order chi connectivity index (χ1) is 10.5. The van der Waals surface area contributed by atoms with Crippen LogP contribution in [0.15, 0.2) is 24.3 Å². The summed E-state index contributed by atoms with van der Waals surface area (Å²) < 4.78 is 2.19. The molecule has 9 heteroatoms. The maximum Gasteiger partial charge on any atom is 0.321 e. The fraction of sp³-hybridized carbons (Fsp3) is 0.231. The van der Waals surface area contributed by atoms with Crippen molar-refractivity contribution in [2.24, 2.45) is 0 Å². The number of nitrogens with one attached hydrogen (secondary N) is 3. The van der Waals surface area contributed by atoms with E-state index in [1.165, 1.54) is 0 Å². The molecule has 0 radical (unpaired) electrons. The molecule has 0 bridgehead atoms. The molecule has 3 amide bonds. The molecule has 0 aliphatic carbocycles. The Morgan fingerprint density at radius 3 is 2.73 bits per heavy atom. The molecule has 1 fully saturated rings. The summed E-state index contributed by atoms with van der Waals surface area (Å²) in [4.78, 5) is 22.8. The summed E-state index contributed by atoms with van der Waals surface area (Å²) in [6.45, 7) is 0. The van der Waals surface area contributed by atoms with E-state index in [4.69, 9.17) is 23.8 Å². The van der Waals surface area contributed by atoms with Gasteiger partial charge in [-0.15, -0.1) is 0 Å². The number of rotatable bonds is 3. The molecule has 1 saturated heterocycles. The highest BCUT2D eigenvalue weighted by atomic mass is 35.5. The molecule has 22 heavy (non-hydrogen) atoms. The van der Waals surface area contributed by atoms with Gasteiger partial charge >= 0.3 is 6.03 Å². The zero-order chi connectivity index (χ0) is 15.7. The molecule has 1 aliphatic heterocycles. The highest BCUT2D eigenvalue weighted by Crippen LogP contribution is 2.17. The van der Waals surface area contributed by atoms with E-state index in [1.807, 2.05) is 12.1 Å². The van der Waals surface area contributed by atoms with Crippen molar-refractivity contribution >= 4 is 35.8 Å². The number of benzene rings is 1. The summed E-state index contributed by atoms with van der Waals surface area (Å²) in [6, 6.07) is 6.34. The van der Waals surface area contributed by atoms with Crippen LogP contribution in [0.25, 0.3) is 5.69 Å². The maximum atomic E-state index is 11.4. The quantitative estimate of drug-likeness (QED) is 0.744. The Morgan fingerprint density at radius 2 is 2.05 bits per heavy atom. The van der Waals surface area contributed by atoms with Gasteiger partial charge in [0, 0.05) is 29.6 Å². The third kappa shape index (κ3) is 3.02. The van der Waals surface area contributed by atoms with Gasteiger partial charge in [0.1, 0.15) is 5.82 Å². The van der Waals surface area contributed by atoms with Crippen LogP contribution in [0.5, 0.6) is 0 Å². The lowest BCUT2D eigenvalue weighted by Crippen LogP contribution is -2.53. The average Bonchev–Trinajstić information content (AvgIpc) is 2.80.